The highest BCUT2D eigenvalue weighted by atomic mass is 32.2. The fourth-order valence-corrected chi connectivity index (χ4v) is 5.21. The molecule has 1 aromatic carbocycles. The summed E-state index contributed by atoms with van der Waals surface area (Å²) in [5, 5.41) is 7.41. The predicted molar refractivity (Wildman–Crippen MR) is 99.0 cm³/mol. The van der Waals surface area contributed by atoms with Gasteiger partial charge >= 0.3 is 0 Å². The van der Waals surface area contributed by atoms with Crippen molar-refractivity contribution in [3.8, 4) is 0 Å². The van der Waals surface area contributed by atoms with Gasteiger partial charge in [-0.3, -0.25) is 9.48 Å². The van der Waals surface area contributed by atoms with E-state index in [0.717, 1.165) is 25.0 Å². The van der Waals surface area contributed by atoms with Crippen LogP contribution < -0.4 is 5.32 Å². The number of amides is 1. The number of carbonyl (C=O) groups is 1. The minimum Gasteiger partial charge on any atom is -0.350 e. The largest absolute Gasteiger partial charge is 0.350 e. The normalized spacial score (nSPS) is 21.6. The summed E-state index contributed by atoms with van der Waals surface area (Å²) in [5.74, 6) is 0.558. The second-order valence-corrected chi connectivity index (χ2v) is 9.45. The van der Waals surface area contributed by atoms with Crippen molar-refractivity contribution in [1.29, 1.82) is 0 Å². The van der Waals surface area contributed by atoms with Crippen molar-refractivity contribution < 1.29 is 13.2 Å². The Bertz CT molecular complexity index is 901. The summed E-state index contributed by atoms with van der Waals surface area (Å²) in [5.41, 5.74) is 2.58. The topological polar surface area (TPSA) is 81.1 Å². The van der Waals surface area contributed by atoms with Crippen LogP contribution in [0.4, 0.5) is 0 Å². The van der Waals surface area contributed by atoms with Crippen molar-refractivity contribution in [2.24, 2.45) is 0 Å². The van der Waals surface area contributed by atoms with Gasteiger partial charge < -0.3 is 5.32 Å². The van der Waals surface area contributed by atoms with Crippen molar-refractivity contribution in [3.05, 3.63) is 53.3 Å². The fraction of sp³-hybridized carbons (Fsp3) is 0.474. The van der Waals surface area contributed by atoms with Crippen molar-refractivity contribution >= 4 is 15.7 Å². The van der Waals surface area contributed by atoms with E-state index in [0.29, 0.717) is 24.6 Å². The Morgan fingerprint density at radius 1 is 1.19 bits per heavy atom. The lowest BCUT2D eigenvalue weighted by Crippen LogP contribution is -2.26. The van der Waals surface area contributed by atoms with Gasteiger partial charge in [-0.05, 0) is 37.3 Å². The van der Waals surface area contributed by atoms with Crippen LogP contribution in [-0.4, -0.2) is 42.2 Å². The first-order valence-corrected chi connectivity index (χ1v) is 11.0. The number of hydrogen-bond donors (Lipinski definition) is 1. The van der Waals surface area contributed by atoms with Gasteiger partial charge in [-0.25, -0.2) is 8.42 Å². The van der Waals surface area contributed by atoms with Crippen LogP contribution in [0.15, 0.2) is 36.4 Å². The van der Waals surface area contributed by atoms with E-state index in [-0.39, 0.29) is 23.5 Å². The molecular weight excluding hydrogens is 350 g/mol. The number of rotatable bonds is 6. The molecule has 2 fully saturated rings. The van der Waals surface area contributed by atoms with Crippen LogP contribution in [0, 0.1) is 0 Å². The zero-order valence-electron chi connectivity index (χ0n) is 14.6. The van der Waals surface area contributed by atoms with E-state index in [1.165, 1.54) is 5.56 Å². The second kappa shape index (κ2) is 6.87. The molecule has 1 aliphatic carbocycles. The summed E-state index contributed by atoms with van der Waals surface area (Å²) in [6.07, 6.45) is 3.52. The maximum absolute atomic E-state index is 12.5. The Morgan fingerprint density at radius 2 is 1.96 bits per heavy atom. The molecule has 0 spiro atoms. The first kappa shape index (κ1) is 17.3. The van der Waals surface area contributed by atoms with Gasteiger partial charge in [-0.15, -0.1) is 0 Å². The maximum Gasteiger partial charge on any atom is 0.271 e. The van der Waals surface area contributed by atoms with E-state index in [1.807, 2.05) is 41.1 Å². The van der Waals surface area contributed by atoms with Crippen LogP contribution in [0.2, 0.25) is 0 Å². The number of aromatic nitrogens is 2. The van der Waals surface area contributed by atoms with E-state index in [2.05, 4.69) is 10.4 Å². The van der Waals surface area contributed by atoms with E-state index in [4.69, 9.17) is 0 Å². The van der Waals surface area contributed by atoms with Crippen LogP contribution in [0.25, 0.3) is 0 Å². The average molecular weight is 373 g/mol. The number of nitrogens with one attached hydrogen (secondary N) is 1. The molecule has 1 N–H and O–H groups in total. The van der Waals surface area contributed by atoms with Crippen LogP contribution >= 0.6 is 0 Å². The van der Waals surface area contributed by atoms with Crippen molar-refractivity contribution in [2.75, 3.05) is 18.1 Å². The zero-order chi connectivity index (χ0) is 18.1. The third-order valence-corrected chi connectivity index (χ3v) is 6.84. The van der Waals surface area contributed by atoms with Crippen molar-refractivity contribution in [1.82, 2.24) is 15.1 Å². The van der Waals surface area contributed by atoms with Gasteiger partial charge in [0.2, 0.25) is 0 Å². The first-order valence-electron chi connectivity index (χ1n) is 9.14. The van der Waals surface area contributed by atoms with Gasteiger partial charge in [0.25, 0.3) is 5.91 Å². The zero-order valence-corrected chi connectivity index (χ0v) is 15.4. The quantitative estimate of drug-likeness (QED) is 0.841. The average Bonchev–Trinajstić information content (AvgIpc) is 3.27. The summed E-state index contributed by atoms with van der Waals surface area (Å²) in [6, 6.07) is 11.7. The Morgan fingerprint density at radius 3 is 2.62 bits per heavy atom. The van der Waals surface area contributed by atoms with Crippen LogP contribution in [0.1, 0.15) is 53.0 Å². The van der Waals surface area contributed by atoms with Crippen molar-refractivity contribution in [2.45, 2.75) is 37.6 Å². The van der Waals surface area contributed by atoms with Crippen LogP contribution in [0.5, 0.6) is 0 Å². The highest BCUT2D eigenvalue weighted by Gasteiger charge is 2.36. The summed E-state index contributed by atoms with van der Waals surface area (Å²) in [7, 11) is -2.98. The molecule has 0 radical (unpaired) electrons. The van der Waals surface area contributed by atoms with Gasteiger partial charge in [-0.2, -0.15) is 5.10 Å². The molecule has 2 aromatic rings. The molecule has 2 aliphatic rings. The lowest BCUT2D eigenvalue weighted by atomic mass is 10.1. The maximum atomic E-state index is 12.5. The van der Waals surface area contributed by atoms with Gasteiger partial charge in [0.15, 0.2) is 9.84 Å². The highest BCUT2D eigenvalue weighted by molar-refractivity contribution is 7.91. The molecule has 1 atom stereocenters. The number of hydrogen-bond acceptors (Lipinski definition) is 4. The summed E-state index contributed by atoms with van der Waals surface area (Å²) < 4.78 is 25.4. The van der Waals surface area contributed by atoms with E-state index >= 15 is 0 Å². The summed E-state index contributed by atoms with van der Waals surface area (Å²) in [4.78, 5) is 12.5. The van der Waals surface area contributed by atoms with E-state index in [1.54, 1.807) is 0 Å². The third-order valence-electron chi connectivity index (χ3n) is 5.09. The molecule has 7 heteroatoms. The molecule has 1 aromatic heterocycles. The fourth-order valence-electron chi connectivity index (χ4n) is 3.52. The van der Waals surface area contributed by atoms with E-state index in [9.17, 15) is 13.2 Å². The lowest BCUT2D eigenvalue weighted by Gasteiger charge is -2.12. The molecule has 1 saturated carbocycles. The Labute approximate surface area is 153 Å². The van der Waals surface area contributed by atoms with Crippen molar-refractivity contribution in [3.63, 3.8) is 0 Å². The predicted octanol–water partition coefficient (Wildman–Crippen LogP) is 2.09. The monoisotopic (exact) mass is 373 g/mol. The highest BCUT2D eigenvalue weighted by Crippen LogP contribution is 2.42. The molecule has 1 aliphatic heterocycles. The van der Waals surface area contributed by atoms with Gasteiger partial charge in [0.1, 0.15) is 5.69 Å². The molecule has 6 nitrogen and oxygen atoms in total. The standard InChI is InChI=1S/C19H23N3O3S/c23-19(20-10-8-14-4-2-1-3-5-14)17-12-18(15-6-7-15)22(21-17)16-9-11-26(24,25)13-16/h1-5,12,15-16H,6-11,13H2,(H,20,23). The molecule has 0 bridgehead atoms. The van der Waals surface area contributed by atoms with Gasteiger partial charge in [0.05, 0.1) is 17.5 Å². The van der Waals surface area contributed by atoms with Gasteiger partial charge in [0, 0.05) is 18.2 Å². The third kappa shape index (κ3) is 3.82. The smallest absolute Gasteiger partial charge is 0.271 e. The summed E-state index contributed by atoms with van der Waals surface area (Å²) >= 11 is 0. The number of nitrogens with zero attached hydrogens (tertiary/aromatic N) is 2. The minimum absolute atomic E-state index is 0.128. The number of sulfone groups is 1. The molecule has 26 heavy (non-hydrogen) atoms. The molecule has 4 rings (SSSR count). The molecule has 138 valence electrons. The SMILES string of the molecule is O=C(NCCc1ccccc1)c1cc(C2CC2)n(C2CCS(=O)(=O)C2)n1. The number of benzene rings is 1. The molecule has 1 unspecified atom stereocenters. The molecular formula is C19H23N3O3S. The van der Waals surface area contributed by atoms with Crippen LogP contribution in [0.3, 0.4) is 0 Å². The van der Waals surface area contributed by atoms with Gasteiger partial charge in [-0.1, -0.05) is 30.3 Å². The lowest BCUT2D eigenvalue weighted by molar-refractivity contribution is 0.0948. The molecule has 2 heterocycles. The first-order chi connectivity index (χ1) is 12.5. The second-order valence-electron chi connectivity index (χ2n) is 7.22. The Balaban J connectivity index is 1.45. The Kier molecular flexibility index (Phi) is 4.56. The molecule has 1 amide bonds. The molecule has 1 saturated heterocycles. The Hall–Kier alpha value is -2.15. The minimum atomic E-state index is -2.98. The summed E-state index contributed by atoms with van der Waals surface area (Å²) in [6.45, 7) is 0.548. The number of carbonyl (C=O) groups excluding carboxylic acids is 1. The van der Waals surface area contributed by atoms with Crippen LogP contribution in [-0.2, 0) is 16.3 Å². The van der Waals surface area contributed by atoms with E-state index < -0.39 is 9.84 Å².